The predicted molar refractivity (Wildman–Crippen MR) is 90.7 cm³/mol. The summed E-state index contributed by atoms with van der Waals surface area (Å²) in [4.78, 5) is 2.58. The molecule has 0 heterocycles. The van der Waals surface area contributed by atoms with E-state index in [1.807, 2.05) is 24.3 Å². The average molecular weight is 356 g/mol. The summed E-state index contributed by atoms with van der Waals surface area (Å²) in [5.41, 5.74) is 0. The SMILES string of the molecule is COc1ccc(OCCN(CCBr)C2CCCCC2)cc1. The smallest absolute Gasteiger partial charge is 0.119 e. The lowest BCUT2D eigenvalue weighted by molar-refractivity contribution is 0.138. The Kier molecular flexibility index (Phi) is 7.37. The zero-order valence-corrected chi connectivity index (χ0v) is 14.5. The van der Waals surface area contributed by atoms with E-state index in [-0.39, 0.29) is 0 Å². The highest BCUT2D eigenvalue weighted by Crippen LogP contribution is 2.23. The summed E-state index contributed by atoms with van der Waals surface area (Å²) in [6.07, 6.45) is 6.84. The Bertz CT molecular complexity index is 390. The van der Waals surface area contributed by atoms with Gasteiger partial charge in [-0.15, -0.1) is 0 Å². The Hall–Kier alpha value is -0.740. The van der Waals surface area contributed by atoms with E-state index in [1.54, 1.807) is 7.11 Å². The fraction of sp³-hybridized carbons (Fsp3) is 0.647. The fourth-order valence-corrected chi connectivity index (χ4v) is 3.44. The van der Waals surface area contributed by atoms with Crippen LogP contribution in [0.5, 0.6) is 11.5 Å². The van der Waals surface area contributed by atoms with Crippen molar-refractivity contribution in [3.63, 3.8) is 0 Å². The van der Waals surface area contributed by atoms with E-state index in [2.05, 4.69) is 20.8 Å². The van der Waals surface area contributed by atoms with Gasteiger partial charge >= 0.3 is 0 Å². The Labute approximate surface area is 136 Å². The summed E-state index contributed by atoms with van der Waals surface area (Å²) >= 11 is 3.57. The molecule has 1 fully saturated rings. The third-order valence-corrected chi connectivity index (χ3v) is 4.52. The third kappa shape index (κ3) is 5.51. The van der Waals surface area contributed by atoms with Crippen LogP contribution in [-0.2, 0) is 0 Å². The van der Waals surface area contributed by atoms with Gasteiger partial charge in [0.15, 0.2) is 0 Å². The fourth-order valence-electron chi connectivity index (χ4n) is 2.98. The molecular formula is C17H26BrNO2. The standard InChI is InChI=1S/C17H26BrNO2/c1-20-16-7-9-17(10-8-16)21-14-13-19(12-11-18)15-5-3-2-4-6-15/h7-10,15H,2-6,11-14H2,1H3. The van der Waals surface area contributed by atoms with Crippen molar-refractivity contribution in [2.45, 2.75) is 38.1 Å². The van der Waals surface area contributed by atoms with Crippen LogP contribution >= 0.6 is 15.9 Å². The van der Waals surface area contributed by atoms with Gasteiger partial charge in [0.1, 0.15) is 18.1 Å². The zero-order chi connectivity index (χ0) is 14.9. The minimum absolute atomic E-state index is 0.746. The average Bonchev–Trinajstić information content (AvgIpc) is 2.55. The van der Waals surface area contributed by atoms with E-state index < -0.39 is 0 Å². The first-order chi connectivity index (χ1) is 10.3. The number of hydrogen-bond donors (Lipinski definition) is 0. The topological polar surface area (TPSA) is 21.7 Å². The van der Waals surface area contributed by atoms with Crippen molar-refractivity contribution in [2.24, 2.45) is 0 Å². The van der Waals surface area contributed by atoms with Gasteiger partial charge in [-0.3, -0.25) is 4.90 Å². The van der Waals surface area contributed by atoms with Crippen molar-refractivity contribution in [3.05, 3.63) is 24.3 Å². The number of hydrogen-bond acceptors (Lipinski definition) is 3. The summed E-state index contributed by atoms with van der Waals surface area (Å²) in [6.45, 7) is 2.86. The minimum Gasteiger partial charge on any atom is -0.497 e. The molecule has 0 aromatic heterocycles. The molecule has 118 valence electrons. The van der Waals surface area contributed by atoms with Crippen LogP contribution in [0.2, 0.25) is 0 Å². The highest BCUT2D eigenvalue weighted by molar-refractivity contribution is 9.09. The minimum atomic E-state index is 0.746. The zero-order valence-electron chi connectivity index (χ0n) is 12.9. The molecule has 0 spiro atoms. The van der Waals surface area contributed by atoms with Crippen LogP contribution < -0.4 is 9.47 Å². The van der Waals surface area contributed by atoms with Gasteiger partial charge in [-0.1, -0.05) is 35.2 Å². The molecule has 0 atom stereocenters. The Morgan fingerprint density at radius 1 is 1.05 bits per heavy atom. The van der Waals surface area contributed by atoms with Crippen LogP contribution in [0.4, 0.5) is 0 Å². The number of rotatable bonds is 8. The quantitative estimate of drug-likeness (QED) is 0.655. The van der Waals surface area contributed by atoms with Gasteiger partial charge in [0.05, 0.1) is 7.11 Å². The molecule has 1 aliphatic rings. The molecule has 1 aromatic carbocycles. The molecule has 0 amide bonds. The summed E-state index contributed by atoms with van der Waals surface area (Å²) < 4.78 is 11.0. The highest BCUT2D eigenvalue weighted by Gasteiger charge is 2.20. The second-order valence-corrected chi connectivity index (χ2v) is 6.33. The molecular weight excluding hydrogens is 330 g/mol. The molecule has 4 heteroatoms. The molecule has 0 aliphatic heterocycles. The van der Waals surface area contributed by atoms with E-state index in [0.29, 0.717) is 0 Å². The van der Waals surface area contributed by atoms with Crippen LogP contribution in [0.25, 0.3) is 0 Å². The number of benzene rings is 1. The first-order valence-electron chi connectivity index (χ1n) is 7.90. The van der Waals surface area contributed by atoms with Gasteiger partial charge in [0.2, 0.25) is 0 Å². The summed E-state index contributed by atoms with van der Waals surface area (Å²) in [5.74, 6) is 1.78. The molecule has 3 nitrogen and oxygen atoms in total. The lowest BCUT2D eigenvalue weighted by Crippen LogP contribution is -2.40. The molecule has 0 saturated heterocycles. The van der Waals surface area contributed by atoms with Crippen LogP contribution in [-0.4, -0.2) is 43.1 Å². The van der Waals surface area contributed by atoms with E-state index >= 15 is 0 Å². The van der Waals surface area contributed by atoms with Gasteiger partial charge in [-0.05, 0) is 37.1 Å². The first-order valence-corrected chi connectivity index (χ1v) is 9.02. The molecule has 0 radical (unpaired) electrons. The van der Waals surface area contributed by atoms with Crippen molar-refractivity contribution in [1.82, 2.24) is 4.90 Å². The Morgan fingerprint density at radius 3 is 2.33 bits per heavy atom. The predicted octanol–water partition coefficient (Wildman–Crippen LogP) is 4.10. The number of methoxy groups -OCH3 is 1. The summed E-state index contributed by atoms with van der Waals surface area (Å²) in [6, 6.07) is 8.55. The molecule has 1 aliphatic carbocycles. The molecule has 0 N–H and O–H groups in total. The van der Waals surface area contributed by atoms with Crippen molar-refractivity contribution in [3.8, 4) is 11.5 Å². The maximum absolute atomic E-state index is 5.86. The van der Waals surface area contributed by atoms with E-state index in [4.69, 9.17) is 9.47 Å². The molecule has 0 unspecified atom stereocenters. The lowest BCUT2D eigenvalue weighted by atomic mass is 9.94. The number of nitrogens with zero attached hydrogens (tertiary/aromatic N) is 1. The molecule has 0 bridgehead atoms. The van der Waals surface area contributed by atoms with Crippen molar-refractivity contribution in [2.75, 3.05) is 32.1 Å². The first kappa shape index (κ1) is 16.6. The normalized spacial score (nSPS) is 16.1. The summed E-state index contributed by atoms with van der Waals surface area (Å²) in [7, 11) is 1.68. The van der Waals surface area contributed by atoms with Gasteiger partial charge in [-0.2, -0.15) is 0 Å². The molecule has 1 aromatic rings. The lowest BCUT2D eigenvalue weighted by Gasteiger charge is -2.33. The highest BCUT2D eigenvalue weighted by atomic mass is 79.9. The number of ether oxygens (including phenoxy) is 2. The third-order valence-electron chi connectivity index (χ3n) is 4.17. The van der Waals surface area contributed by atoms with Gasteiger partial charge in [0, 0.05) is 24.5 Å². The van der Waals surface area contributed by atoms with Gasteiger partial charge in [-0.25, -0.2) is 0 Å². The van der Waals surface area contributed by atoms with Gasteiger partial charge < -0.3 is 9.47 Å². The molecule has 21 heavy (non-hydrogen) atoms. The van der Waals surface area contributed by atoms with Crippen molar-refractivity contribution < 1.29 is 9.47 Å². The van der Waals surface area contributed by atoms with E-state index in [1.165, 1.54) is 32.1 Å². The van der Waals surface area contributed by atoms with E-state index in [9.17, 15) is 0 Å². The van der Waals surface area contributed by atoms with Crippen LogP contribution in [0, 0.1) is 0 Å². The van der Waals surface area contributed by atoms with Crippen molar-refractivity contribution in [1.29, 1.82) is 0 Å². The maximum Gasteiger partial charge on any atom is 0.119 e. The largest absolute Gasteiger partial charge is 0.497 e. The molecule has 1 saturated carbocycles. The maximum atomic E-state index is 5.86. The molecule has 2 rings (SSSR count). The van der Waals surface area contributed by atoms with Crippen LogP contribution in [0.1, 0.15) is 32.1 Å². The van der Waals surface area contributed by atoms with E-state index in [0.717, 1.165) is 42.6 Å². The summed E-state index contributed by atoms with van der Waals surface area (Å²) in [5, 5.41) is 1.03. The second-order valence-electron chi connectivity index (χ2n) is 5.54. The monoisotopic (exact) mass is 355 g/mol. The number of alkyl halides is 1. The van der Waals surface area contributed by atoms with Crippen LogP contribution in [0.15, 0.2) is 24.3 Å². The van der Waals surface area contributed by atoms with Crippen LogP contribution in [0.3, 0.4) is 0 Å². The Morgan fingerprint density at radius 2 is 1.71 bits per heavy atom. The van der Waals surface area contributed by atoms with Gasteiger partial charge in [0.25, 0.3) is 0 Å². The second kappa shape index (κ2) is 9.31. The van der Waals surface area contributed by atoms with Crippen molar-refractivity contribution >= 4 is 15.9 Å². The Balaban J connectivity index is 1.77. The number of halogens is 1.